The molecule has 0 atom stereocenters. The Bertz CT molecular complexity index is 494. The average molecular weight is 246 g/mol. The highest BCUT2D eigenvalue weighted by Gasteiger charge is 2.05. The van der Waals surface area contributed by atoms with E-state index in [9.17, 15) is 4.79 Å². The number of aryl methyl sites for hydroxylation is 2. The molecule has 88 valence electrons. The number of nitrogens with one attached hydrogen (secondary N) is 1. The maximum Gasteiger partial charge on any atom is 0.224 e. The van der Waals surface area contributed by atoms with Crippen LogP contribution in [0.4, 0.5) is 5.69 Å². The van der Waals surface area contributed by atoms with Crippen molar-refractivity contribution in [3.8, 4) is 0 Å². The Hall–Kier alpha value is -1.68. The lowest BCUT2D eigenvalue weighted by Crippen LogP contribution is -2.13. The Morgan fingerprint density at radius 1 is 1.41 bits per heavy atom. The third kappa shape index (κ3) is 3.39. The van der Waals surface area contributed by atoms with E-state index in [4.69, 9.17) is 0 Å². The van der Waals surface area contributed by atoms with E-state index in [1.165, 1.54) is 0 Å². The van der Waals surface area contributed by atoms with Gasteiger partial charge in [-0.2, -0.15) is 0 Å². The largest absolute Gasteiger partial charge is 0.326 e. The normalized spacial score (nSPS) is 10.2. The van der Waals surface area contributed by atoms with Crippen molar-refractivity contribution in [2.24, 2.45) is 0 Å². The molecule has 0 saturated heterocycles. The zero-order valence-electron chi connectivity index (χ0n) is 9.64. The van der Waals surface area contributed by atoms with E-state index in [0.29, 0.717) is 12.8 Å². The van der Waals surface area contributed by atoms with Gasteiger partial charge in [-0.15, -0.1) is 11.3 Å². The predicted molar refractivity (Wildman–Crippen MR) is 70.2 cm³/mol. The van der Waals surface area contributed by atoms with Crippen LogP contribution in [0.25, 0.3) is 0 Å². The van der Waals surface area contributed by atoms with E-state index in [1.54, 1.807) is 17.5 Å². The van der Waals surface area contributed by atoms with E-state index in [-0.39, 0.29) is 5.91 Å². The molecule has 0 saturated carbocycles. The minimum Gasteiger partial charge on any atom is -0.326 e. The smallest absolute Gasteiger partial charge is 0.224 e. The van der Waals surface area contributed by atoms with Crippen LogP contribution in [0.3, 0.4) is 0 Å². The summed E-state index contributed by atoms with van der Waals surface area (Å²) in [6.07, 6.45) is 2.94. The van der Waals surface area contributed by atoms with Crippen molar-refractivity contribution < 1.29 is 4.79 Å². The van der Waals surface area contributed by atoms with E-state index in [1.807, 2.05) is 36.6 Å². The third-order valence-corrected chi connectivity index (χ3v) is 3.31. The van der Waals surface area contributed by atoms with Crippen LogP contribution in [0.2, 0.25) is 0 Å². The summed E-state index contributed by atoms with van der Waals surface area (Å²) in [6, 6.07) is 7.77. The molecule has 2 aromatic rings. The van der Waals surface area contributed by atoms with Gasteiger partial charge >= 0.3 is 0 Å². The fourth-order valence-electron chi connectivity index (χ4n) is 1.52. The van der Waals surface area contributed by atoms with E-state index in [2.05, 4.69) is 10.3 Å². The van der Waals surface area contributed by atoms with Crippen molar-refractivity contribution in [3.05, 3.63) is 46.4 Å². The lowest BCUT2D eigenvalue weighted by molar-refractivity contribution is -0.116. The first-order valence-corrected chi connectivity index (χ1v) is 6.37. The van der Waals surface area contributed by atoms with Crippen molar-refractivity contribution in [2.45, 2.75) is 19.8 Å². The van der Waals surface area contributed by atoms with E-state index < -0.39 is 0 Å². The molecule has 2 rings (SSSR count). The van der Waals surface area contributed by atoms with Gasteiger partial charge in [0.1, 0.15) is 0 Å². The van der Waals surface area contributed by atoms with Gasteiger partial charge in [0.05, 0.1) is 5.01 Å². The van der Waals surface area contributed by atoms with Crippen LogP contribution in [-0.4, -0.2) is 10.9 Å². The maximum atomic E-state index is 11.7. The molecule has 1 N–H and O–H groups in total. The van der Waals surface area contributed by atoms with Crippen molar-refractivity contribution >= 4 is 22.9 Å². The maximum absolute atomic E-state index is 11.7. The minimum atomic E-state index is 0.0366. The number of carbonyl (C=O) groups excluding carboxylic acids is 1. The first-order valence-electron chi connectivity index (χ1n) is 5.49. The van der Waals surface area contributed by atoms with Gasteiger partial charge in [-0.05, 0) is 18.6 Å². The van der Waals surface area contributed by atoms with Crippen molar-refractivity contribution in [1.82, 2.24) is 4.98 Å². The van der Waals surface area contributed by atoms with Gasteiger partial charge < -0.3 is 5.32 Å². The van der Waals surface area contributed by atoms with Crippen LogP contribution < -0.4 is 5.32 Å². The molecule has 0 bridgehead atoms. The summed E-state index contributed by atoms with van der Waals surface area (Å²) < 4.78 is 0. The van der Waals surface area contributed by atoms with Gasteiger partial charge in [0.15, 0.2) is 0 Å². The molecule has 0 fully saturated rings. The quantitative estimate of drug-likeness (QED) is 0.901. The van der Waals surface area contributed by atoms with Gasteiger partial charge in [-0.3, -0.25) is 4.79 Å². The second kappa shape index (κ2) is 5.59. The van der Waals surface area contributed by atoms with Crippen molar-refractivity contribution in [3.63, 3.8) is 0 Å². The van der Waals surface area contributed by atoms with Gasteiger partial charge in [0.25, 0.3) is 0 Å². The molecule has 1 heterocycles. The number of anilines is 1. The SMILES string of the molecule is Cc1ccccc1NC(=O)CCc1nccs1. The lowest BCUT2D eigenvalue weighted by Gasteiger charge is -2.07. The molecule has 0 aliphatic heterocycles. The van der Waals surface area contributed by atoms with E-state index >= 15 is 0 Å². The summed E-state index contributed by atoms with van der Waals surface area (Å²) >= 11 is 1.58. The molecule has 0 spiro atoms. The molecule has 0 aliphatic carbocycles. The number of hydrogen-bond acceptors (Lipinski definition) is 3. The number of thiazole rings is 1. The van der Waals surface area contributed by atoms with Crippen LogP contribution in [0, 0.1) is 6.92 Å². The zero-order chi connectivity index (χ0) is 12.1. The Morgan fingerprint density at radius 3 is 2.94 bits per heavy atom. The van der Waals surface area contributed by atoms with Gasteiger partial charge in [0.2, 0.25) is 5.91 Å². The van der Waals surface area contributed by atoms with Crippen LogP contribution in [0.5, 0.6) is 0 Å². The fraction of sp³-hybridized carbons (Fsp3) is 0.231. The number of carbonyl (C=O) groups is 1. The zero-order valence-corrected chi connectivity index (χ0v) is 10.5. The average Bonchev–Trinajstić information content (AvgIpc) is 2.82. The molecule has 4 heteroatoms. The topological polar surface area (TPSA) is 42.0 Å². The minimum absolute atomic E-state index is 0.0366. The number of nitrogens with zero attached hydrogens (tertiary/aromatic N) is 1. The number of rotatable bonds is 4. The summed E-state index contributed by atoms with van der Waals surface area (Å²) in [4.78, 5) is 15.9. The molecule has 17 heavy (non-hydrogen) atoms. The number of aromatic nitrogens is 1. The standard InChI is InChI=1S/C13H14N2OS/c1-10-4-2-3-5-11(10)15-12(16)6-7-13-14-8-9-17-13/h2-5,8-9H,6-7H2,1H3,(H,15,16). The van der Waals surface area contributed by atoms with Crippen molar-refractivity contribution in [1.29, 1.82) is 0 Å². The summed E-state index contributed by atoms with van der Waals surface area (Å²) in [5.74, 6) is 0.0366. The molecular weight excluding hydrogens is 232 g/mol. The highest BCUT2D eigenvalue weighted by Crippen LogP contribution is 2.14. The number of benzene rings is 1. The van der Waals surface area contributed by atoms with Gasteiger partial charge in [0, 0.05) is 30.1 Å². The van der Waals surface area contributed by atoms with Crippen LogP contribution >= 0.6 is 11.3 Å². The van der Waals surface area contributed by atoms with Crippen LogP contribution in [-0.2, 0) is 11.2 Å². The Kier molecular flexibility index (Phi) is 3.88. The summed E-state index contributed by atoms with van der Waals surface area (Å²) in [5.41, 5.74) is 1.96. The highest BCUT2D eigenvalue weighted by molar-refractivity contribution is 7.09. The second-order valence-corrected chi connectivity index (χ2v) is 4.77. The predicted octanol–water partition coefficient (Wildman–Crippen LogP) is 3.02. The Morgan fingerprint density at radius 2 is 2.24 bits per heavy atom. The third-order valence-electron chi connectivity index (χ3n) is 2.47. The molecule has 0 aliphatic rings. The van der Waals surface area contributed by atoms with Crippen LogP contribution in [0.15, 0.2) is 35.8 Å². The second-order valence-electron chi connectivity index (χ2n) is 3.79. The first kappa shape index (κ1) is 11.8. The highest BCUT2D eigenvalue weighted by atomic mass is 32.1. The molecule has 0 radical (unpaired) electrons. The first-order chi connectivity index (χ1) is 8.25. The molecular formula is C13H14N2OS. The van der Waals surface area contributed by atoms with Crippen molar-refractivity contribution in [2.75, 3.05) is 5.32 Å². The summed E-state index contributed by atoms with van der Waals surface area (Å²) in [5, 5.41) is 5.84. The summed E-state index contributed by atoms with van der Waals surface area (Å²) in [6.45, 7) is 1.98. The molecule has 3 nitrogen and oxygen atoms in total. The van der Waals surface area contributed by atoms with Crippen LogP contribution in [0.1, 0.15) is 17.0 Å². The number of hydrogen-bond donors (Lipinski definition) is 1. The lowest BCUT2D eigenvalue weighted by atomic mass is 10.2. The monoisotopic (exact) mass is 246 g/mol. The summed E-state index contributed by atoms with van der Waals surface area (Å²) in [7, 11) is 0. The number of amides is 1. The molecule has 0 unspecified atom stereocenters. The van der Waals surface area contributed by atoms with Gasteiger partial charge in [-0.1, -0.05) is 18.2 Å². The molecule has 1 aromatic carbocycles. The Labute approximate surface area is 105 Å². The fourth-order valence-corrected chi connectivity index (χ4v) is 2.14. The van der Waals surface area contributed by atoms with E-state index in [0.717, 1.165) is 16.3 Å². The number of para-hydroxylation sites is 1. The molecule has 1 aromatic heterocycles. The van der Waals surface area contributed by atoms with Gasteiger partial charge in [-0.25, -0.2) is 4.98 Å². The molecule has 1 amide bonds. The Balaban J connectivity index is 1.87.